The Labute approximate surface area is 95.6 Å². The van der Waals surface area contributed by atoms with Gasteiger partial charge in [-0.1, -0.05) is 0 Å². The molecule has 90 valence electrons. The number of hydrogen-bond acceptors (Lipinski definition) is 4. The van der Waals surface area contributed by atoms with Crippen molar-refractivity contribution < 1.29 is 14.3 Å². The van der Waals surface area contributed by atoms with Gasteiger partial charge in [-0.3, -0.25) is 0 Å². The molecule has 4 heteroatoms. The van der Waals surface area contributed by atoms with Crippen molar-refractivity contribution in [3.63, 3.8) is 0 Å². The molecule has 0 bridgehead atoms. The van der Waals surface area contributed by atoms with Gasteiger partial charge in [0.05, 0.1) is 25.2 Å². The number of aryl methyl sites for hydroxylation is 2. The van der Waals surface area contributed by atoms with Crippen LogP contribution in [0.25, 0.3) is 0 Å². The third-order valence-corrected chi connectivity index (χ3v) is 3.11. The fraction of sp³-hybridized carbons (Fsp3) is 0.667. The van der Waals surface area contributed by atoms with E-state index in [9.17, 15) is 5.11 Å². The minimum atomic E-state index is -0.0628. The van der Waals surface area contributed by atoms with E-state index < -0.39 is 0 Å². The topological polar surface area (TPSA) is 54.6 Å². The van der Waals surface area contributed by atoms with Crippen molar-refractivity contribution in [3.05, 3.63) is 23.2 Å². The van der Waals surface area contributed by atoms with Crippen LogP contribution in [0.15, 0.2) is 10.5 Å². The fourth-order valence-corrected chi connectivity index (χ4v) is 1.96. The zero-order chi connectivity index (χ0) is 11.6. The molecular weight excluding hydrogens is 206 g/mol. The smallest absolute Gasteiger partial charge is 0.105 e. The number of furan rings is 1. The number of aliphatic hydroxyl groups is 1. The van der Waals surface area contributed by atoms with Crippen LogP contribution < -0.4 is 5.32 Å². The first-order valence-electron chi connectivity index (χ1n) is 5.60. The lowest BCUT2D eigenvalue weighted by atomic mass is 9.87. The average molecular weight is 225 g/mol. The molecule has 1 aromatic rings. The van der Waals surface area contributed by atoms with Crippen LogP contribution in [-0.2, 0) is 11.3 Å². The quantitative estimate of drug-likeness (QED) is 0.785. The molecule has 1 fully saturated rings. The molecule has 1 aliphatic rings. The van der Waals surface area contributed by atoms with E-state index in [-0.39, 0.29) is 12.0 Å². The summed E-state index contributed by atoms with van der Waals surface area (Å²) >= 11 is 0. The lowest BCUT2D eigenvalue weighted by Crippen LogP contribution is -2.52. The van der Waals surface area contributed by atoms with Crippen LogP contribution in [0.1, 0.15) is 17.1 Å². The Balaban J connectivity index is 1.81. The molecule has 4 nitrogen and oxygen atoms in total. The molecule has 0 radical (unpaired) electrons. The van der Waals surface area contributed by atoms with Crippen molar-refractivity contribution in [1.29, 1.82) is 0 Å². The Bertz CT molecular complexity index is 350. The summed E-state index contributed by atoms with van der Waals surface area (Å²) in [4.78, 5) is 0. The predicted octanol–water partition coefficient (Wildman–Crippen LogP) is 0.995. The third kappa shape index (κ3) is 2.29. The second kappa shape index (κ2) is 4.57. The molecule has 0 atom stereocenters. The highest BCUT2D eigenvalue weighted by Gasteiger charge is 2.37. The van der Waals surface area contributed by atoms with Gasteiger partial charge in [-0.25, -0.2) is 0 Å². The minimum absolute atomic E-state index is 0.0628. The molecule has 0 saturated carbocycles. The van der Waals surface area contributed by atoms with Crippen molar-refractivity contribution >= 4 is 0 Å². The van der Waals surface area contributed by atoms with E-state index in [1.807, 2.05) is 19.9 Å². The first-order valence-corrected chi connectivity index (χ1v) is 5.60. The van der Waals surface area contributed by atoms with E-state index in [1.165, 1.54) is 5.56 Å². The highest BCUT2D eigenvalue weighted by molar-refractivity contribution is 5.19. The van der Waals surface area contributed by atoms with Gasteiger partial charge in [0.15, 0.2) is 0 Å². The van der Waals surface area contributed by atoms with Crippen molar-refractivity contribution in [1.82, 2.24) is 5.32 Å². The summed E-state index contributed by atoms with van der Waals surface area (Å²) in [5, 5.41) is 12.6. The first-order chi connectivity index (χ1) is 7.65. The lowest BCUT2D eigenvalue weighted by Gasteiger charge is -2.40. The summed E-state index contributed by atoms with van der Waals surface area (Å²) in [5.74, 6) is 1.91. The Morgan fingerprint density at radius 2 is 2.19 bits per heavy atom. The summed E-state index contributed by atoms with van der Waals surface area (Å²) in [6.07, 6.45) is 0. The fourth-order valence-electron chi connectivity index (χ4n) is 1.96. The van der Waals surface area contributed by atoms with Gasteiger partial charge < -0.3 is 19.6 Å². The maximum absolute atomic E-state index is 9.25. The minimum Gasteiger partial charge on any atom is -0.466 e. The van der Waals surface area contributed by atoms with Crippen molar-refractivity contribution in [2.45, 2.75) is 20.4 Å². The van der Waals surface area contributed by atoms with Gasteiger partial charge in [0.1, 0.15) is 11.5 Å². The van der Waals surface area contributed by atoms with Crippen LogP contribution in [0.2, 0.25) is 0 Å². The summed E-state index contributed by atoms with van der Waals surface area (Å²) in [6, 6.07) is 2.05. The van der Waals surface area contributed by atoms with Crippen LogP contribution in [0.5, 0.6) is 0 Å². The molecule has 0 amide bonds. The van der Waals surface area contributed by atoms with E-state index in [1.54, 1.807) is 0 Å². The highest BCUT2D eigenvalue weighted by Crippen LogP contribution is 2.25. The summed E-state index contributed by atoms with van der Waals surface area (Å²) in [5.41, 5.74) is 1.12. The normalized spacial score (nSPS) is 18.4. The standard InChI is InChI=1S/C12H19NO3/c1-9-3-11(10(2)16-9)4-13-5-12(6-14)7-15-8-12/h3,13-14H,4-8H2,1-2H3. The zero-order valence-electron chi connectivity index (χ0n) is 9.88. The van der Waals surface area contributed by atoms with Crippen molar-refractivity contribution in [2.24, 2.45) is 5.41 Å². The summed E-state index contributed by atoms with van der Waals surface area (Å²) in [7, 11) is 0. The van der Waals surface area contributed by atoms with E-state index in [2.05, 4.69) is 5.32 Å². The van der Waals surface area contributed by atoms with Crippen LogP contribution in [0, 0.1) is 19.3 Å². The molecule has 1 saturated heterocycles. The van der Waals surface area contributed by atoms with Gasteiger partial charge in [0.2, 0.25) is 0 Å². The van der Waals surface area contributed by atoms with Gasteiger partial charge in [-0.05, 0) is 19.9 Å². The van der Waals surface area contributed by atoms with Crippen LogP contribution >= 0.6 is 0 Å². The van der Waals surface area contributed by atoms with Gasteiger partial charge in [-0.15, -0.1) is 0 Å². The predicted molar refractivity (Wildman–Crippen MR) is 60.2 cm³/mol. The molecule has 0 unspecified atom stereocenters. The van der Waals surface area contributed by atoms with E-state index in [0.717, 1.165) is 24.6 Å². The van der Waals surface area contributed by atoms with Gasteiger partial charge in [0.25, 0.3) is 0 Å². The zero-order valence-corrected chi connectivity index (χ0v) is 9.88. The number of ether oxygens (including phenoxy) is 1. The first kappa shape index (κ1) is 11.6. The van der Waals surface area contributed by atoms with Crippen molar-refractivity contribution in [2.75, 3.05) is 26.4 Å². The van der Waals surface area contributed by atoms with Crippen LogP contribution in [0.3, 0.4) is 0 Å². The number of nitrogens with one attached hydrogen (secondary N) is 1. The molecule has 2 rings (SSSR count). The maximum Gasteiger partial charge on any atom is 0.105 e. The Morgan fingerprint density at radius 1 is 1.44 bits per heavy atom. The molecule has 1 aromatic heterocycles. The second-order valence-electron chi connectivity index (χ2n) is 4.69. The molecule has 2 heterocycles. The Hall–Kier alpha value is -0.840. The average Bonchev–Trinajstić information content (AvgIpc) is 2.50. The van der Waals surface area contributed by atoms with Crippen LogP contribution in [-0.4, -0.2) is 31.5 Å². The number of aliphatic hydroxyl groups excluding tert-OH is 1. The van der Waals surface area contributed by atoms with Crippen LogP contribution in [0.4, 0.5) is 0 Å². The molecular formula is C12H19NO3. The molecule has 0 aliphatic carbocycles. The molecule has 0 aromatic carbocycles. The maximum atomic E-state index is 9.25. The SMILES string of the molecule is Cc1cc(CNCC2(CO)COC2)c(C)o1. The Morgan fingerprint density at radius 3 is 2.62 bits per heavy atom. The molecule has 0 spiro atoms. The monoisotopic (exact) mass is 225 g/mol. The van der Waals surface area contributed by atoms with Gasteiger partial charge >= 0.3 is 0 Å². The summed E-state index contributed by atoms with van der Waals surface area (Å²) < 4.78 is 10.6. The number of rotatable bonds is 5. The highest BCUT2D eigenvalue weighted by atomic mass is 16.5. The molecule has 1 aliphatic heterocycles. The van der Waals surface area contributed by atoms with Gasteiger partial charge in [0, 0.05) is 18.7 Å². The van der Waals surface area contributed by atoms with E-state index in [0.29, 0.717) is 13.2 Å². The third-order valence-electron chi connectivity index (χ3n) is 3.11. The lowest BCUT2D eigenvalue weighted by molar-refractivity contribution is -0.134. The molecule has 16 heavy (non-hydrogen) atoms. The summed E-state index contributed by atoms with van der Waals surface area (Å²) in [6.45, 7) is 6.98. The van der Waals surface area contributed by atoms with E-state index >= 15 is 0 Å². The Kier molecular flexibility index (Phi) is 3.33. The molecule has 2 N–H and O–H groups in total. The van der Waals surface area contributed by atoms with Crippen molar-refractivity contribution in [3.8, 4) is 0 Å². The largest absolute Gasteiger partial charge is 0.466 e. The van der Waals surface area contributed by atoms with Gasteiger partial charge in [-0.2, -0.15) is 0 Å². The number of hydrogen-bond donors (Lipinski definition) is 2. The van der Waals surface area contributed by atoms with E-state index in [4.69, 9.17) is 9.15 Å². The second-order valence-corrected chi connectivity index (χ2v) is 4.69.